The number of halogens is 2. The van der Waals surface area contributed by atoms with Gasteiger partial charge < -0.3 is 15.2 Å². The van der Waals surface area contributed by atoms with Gasteiger partial charge in [-0.05, 0) is 12.5 Å². The van der Waals surface area contributed by atoms with Gasteiger partial charge in [-0.25, -0.2) is 8.78 Å². The van der Waals surface area contributed by atoms with Crippen LogP contribution in [0.5, 0.6) is 0 Å². The molecule has 104 valence electrons. The van der Waals surface area contributed by atoms with Gasteiger partial charge in [0.2, 0.25) is 5.56 Å². The minimum atomic E-state index is -2.60. The van der Waals surface area contributed by atoms with Crippen molar-refractivity contribution in [3.05, 3.63) is 33.7 Å². The van der Waals surface area contributed by atoms with Crippen molar-refractivity contribution in [1.82, 2.24) is 15.2 Å². The van der Waals surface area contributed by atoms with Crippen molar-refractivity contribution in [3.63, 3.8) is 0 Å². The Kier molecular flexibility index (Phi) is 3.94. The Morgan fingerprint density at radius 3 is 2.89 bits per heavy atom. The highest BCUT2D eigenvalue weighted by atomic mass is 19.3. The number of rotatable bonds is 2. The van der Waals surface area contributed by atoms with Gasteiger partial charge in [-0.1, -0.05) is 0 Å². The average molecular weight is 271 g/mol. The zero-order chi connectivity index (χ0) is 14.0. The lowest BCUT2D eigenvalue weighted by Gasteiger charge is -2.35. The van der Waals surface area contributed by atoms with Crippen molar-refractivity contribution in [2.75, 3.05) is 19.6 Å². The molecule has 1 fully saturated rings. The molecule has 5 nitrogen and oxygen atoms in total. The van der Waals surface area contributed by atoms with Gasteiger partial charge in [-0.15, -0.1) is 0 Å². The lowest BCUT2D eigenvalue weighted by Crippen LogP contribution is -2.56. The van der Waals surface area contributed by atoms with Crippen LogP contribution < -0.4 is 10.9 Å². The van der Waals surface area contributed by atoms with Crippen LogP contribution in [0.25, 0.3) is 0 Å². The summed E-state index contributed by atoms with van der Waals surface area (Å²) in [6.07, 6.45) is -1.32. The van der Waals surface area contributed by atoms with Gasteiger partial charge in [0.1, 0.15) is 6.04 Å². The van der Waals surface area contributed by atoms with E-state index in [4.69, 9.17) is 0 Å². The SMILES string of the molecule is Cc1cc(=O)[nH]cc1C(=O)N1CCNCC1C(F)F. The van der Waals surface area contributed by atoms with Crippen LogP contribution in [0.3, 0.4) is 0 Å². The number of alkyl halides is 2. The largest absolute Gasteiger partial charge is 0.328 e. The van der Waals surface area contributed by atoms with E-state index in [2.05, 4.69) is 10.3 Å². The number of aryl methyl sites for hydroxylation is 1. The normalized spacial score (nSPS) is 19.8. The van der Waals surface area contributed by atoms with Gasteiger partial charge in [0.25, 0.3) is 12.3 Å². The van der Waals surface area contributed by atoms with Crippen LogP contribution in [0, 0.1) is 6.92 Å². The molecule has 1 aliphatic heterocycles. The highest BCUT2D eigenvalue weighted by Crippen LogP contribution is 2.16. The van der Waals surface area contributed by atoms with E-state index in [1.807, 2.05) is 0 Å². The van der Waals surface area contributed by atoms with E-state index in [0.29, 0.717) is 12.1 Å². The fraction of sp³-hybridized carbons (Fsp3) is 0.500. The summed E-state index contributed by atoms with van der Waals surface area (Å²) in [6.45, 7) is 2.40. The molecule has 0 saturated carbocycles. The maximum absolute atomic E-state index is 12.9. The minimum Gasteiger partial charge on any atom is -0.328 e. The predicted octanol–water partition coefficient (Wildman–Crippen LogP) is 0.362. The number of amides is 1. The highest BCUT2D eigenvalue weighted by molar-refractivity contribution is 5.95. The molecule has 0 spiro atoms. The van der Waals surface area contributed by atoms with Crippen LogP contribution in [0.1, 0.15) is 15.9 Å². The Morgan fingerprint density at radius 2 is 2.26 bits per heavy atom. The van der Waals surface area contributed by atoms with Crippen LogP contribution >= 0.6 is 0 Å². The standard InChI is InChI=1S/C12H15F2N3O2/c1-7-4-10(18)16-5-8(7)12(19)17-3-2-15-6-9(17)11(13)14/h4-5,9,11,15H,2-3,6H2,1H3,(H,16,18). The van der Waals surface area contributed by atoms with Crippen LogP contribution in [0.15, 0.2) is 17.1 Å². The van der Waals surface area contributed by atoms with Crippen molar-refractivity contribution in [2.24, 2.45) is 0 Å². The molecule has 0 bridgehead atoms. The molecular formula is C12H15F2N3O2. The number of hydrogen-bond acceptors (Lipinski definition) is 3. The number of aromatic nitrogens is 1. The van der Waals surface area contributed by atoms with Crippen molar-refractivity contribution in [1.29, 1.82) is 0 Å². The second-order valence-electron chi connectivity index (χ2n) is 4.50. The van der Waals surface area contributed by atoms with Crippen molar-refractivity contribution >= 4 is 5.91 Å². The Morgan fingerprint density at radius 1 is 1.53 bits per heavy atom. The van der Waals surface area contributed by atoms with Crippen molar-refractivity contribution in [2.45, 2.75) is 19.4 Å². The third kappa shape index (κ3) is 2.81. The Labute approximate surface area is 108 Å². The summed E-state index contributed by atoms with van der Waals surface area (Å²) in [6, 6.07) is 0.153. The molecule has 1 saturated heterocycles. The first kappa shape index (κ1) is 13.7. The quantitative estimate of drug-likeness (QED) is 0.816. The Balaban J connectivity index is 2.28. The number of nitrogens with one attached hydrogen (secondary N) is 2. The van der Waals surface area contributed by atoms with Gasteiger partial charge >= 0.3 is 0 Å². The zero-order valence-corrected chi connectivity index (χ0v) is 10.5. The molecule has 1 aromatic rings. The van der Waals surface area contributed by atoms with E-state index in [0.717, 1.165) is 0 Å². The fourth-order valence-corrected chi connectivity index (χ4v) is 2.16. The number of carbonyl (C=O) groups excluding carboxylic acids is 1. The zero-order valence-electron chi connectivity index (χ0n) is 10.5. The smallest absolute Gasteiger partial charge is 0.259 e. The van der Waals surface area contributed by atoms with E-state index in [9.17, 15) is 18.4 Å². The summed E-state index contributed by atoms with van der Waals surface area (Å²) < 4.78 is 25.8. The van der Waals surface area contributed by atoms with E-state index >= 15 is 0 Å². The molecule has 0 radical (unpaired) electrons. The highest BCUT2D eigenvalue weighted by Gasteiger charge is 2.34. The van der Waals surface area contributed by atoms with E-state index in [1.165, 1.54) is 17.2 Å². The maximum Gasteiger partial charge on any atom is 0.259 e. The first-order chi connectivity index (χ1) is 9.00. The maximum atomic E-state index is 12.9. The first-order valence-electron chi connectivity index (χ1n) is 6.00. The predicted molar refractivity (Wildman–Crippen MR) is 65.5 cm³/mol. The minimum absolute atomic E-state index is 0.0752. The van der Waals surface area contributed by atoms with Crippen LogP contribution in [-0.2, 0) is 0 Å². The number of aromatic amines is 1. The van der Waals surface area contributed by atoms with E-state index < -0.39 is 18.4 Å². The summed E-state index contributed by atoms with van der Waals surface area (Å²) in [5.41, 5.74) is 0.423. The number of pyridine rings is 1. The first-order valence-corrected chi connectivity index (χ1v) is 6.00. The molecule has 1 amide bonds. The molecule has 2 rings (SSSR count). The molecule has 1 aliphatic rings. The number of piperazine rings is 1. The molecule has 1 atom stereocenters. The topological polar surface area (TPSA) is 65.2 Å². The number of hydrogen-bond donors (Lipinski definition) is 2. The monoisotopic (exact) mass is 271 g/mol. The van der Waals surface area contributed by atoms with Crippen molar-refractivity contribution < 1.29 is 13.6 Å². The summed E-state index contributed by atoms with van der Waals surface area (Å²) in [5, 5.41) is 2.84. The number of carbonyl (C=O) groups is 1. The third-order valence-corrected chi connectivity index (χ3v) is 3.20. The number of nitrogens with zero attached hydrogens (tertiary/aromatic N) is 1. The molecule has 7 heteroatoms. The summed E-state index contributed by atoms with van der Waals surface area (Å²) in [7, 11) is 0. The third-order valence-electron chi connectivity index (χ3n) is 3.20. The van der Waals surface area contributed by atoms with Gasteiger partial charge in [-0.3, -0.25) is 9.59 Å². The summed E-state index contributed by atoms with van der Waals surface area (Å²) in [4.78, 5) is 27.0. The van der Waals surface area contributed by atoms with Gasteiger partial charge in [-0.2, -0.15) is 0 Å². The van der Waals surface area contributed by atoms with Gasteiger partial charge in [0, 0.05) is 31.9 Å². The second kappa shape index (κ2) is 5.48. The fourth-order valence-electron chi connectivity index (χ4n) is 2.16. The molecular weight excluding hydrogens is 256 g/mol. The van der Waals surface area contributed by atoms with Gasteiger partial charge in [0.05, 0.1) is 5.56 Å². The summed E-state index contributed by atoms with van der Waals surface area (Å²) in [5.74, 6) is -0.472. The van der Waals surface area contributed by atoms with E-state index in [-0.39, 0.29) is 24.2 Å². The molecule has 1 aromatic heterocycles. The van der Waals surface area contributed by atoms with Crippen LogP contribution in [-0.4, -0.2) is 47.9 Å². The molecule has 19 heavy (non-hydrogen) atoms. The Bertz CT molecular complexity index is 530. The lowest BCUT2D eigenvalue weighted by atomic mass is 10.1. The molecule has 0 aliphatic carbocycles. The molecule has 1 unspecified atom stereocenters. The van der Waals surface area contributed by atoms with Crippen LogP contribution in [0.2, 0.25) is 0 Å². The molecule has 2 N–H and O–H groups in total. The molecule has 0 aromatic carbocycles. The van der Waals surface area contributed by atoms with Crippen LogP contribution in [0.4, 0.5) is 8.78 Å². The molecule has 2 heterocycles. The lowest BCUT2D eigenvalue weighted by molar-refractivity contribution is 0.0126. The van der Waals surface area contributed by atoms with E-state index in [1.54, 1.807) is 6.92 Å². The Hall–Kier alpha value is -1.76. The second-order valence-corrected chi connectivity index (χ2v) is 4.50. The number of H-pyrrole nitrogens is 1. The van der Waals surface area contributed by atoms with Gasteiger partial charge in [0.15, 0.2) is 0 Å². The summed E-state index contributed by atoms with van der Waals surface area (Å²) >= 11 is 0. The average Bonchev–Trinajstić information content (AvgIpc) is 2.38. The van der Waals surface area contributed by atoms with Crippen molar-refractivity contribution in [3.8, 4) is 0 Å².